The number of nitrogens with one attached hydrogen (secondary N) is 1. The molecule has 138 valence electrons. The van der Waals surface area contributed by atoms with E-state index in [1.165, 1.54) is 23.4 Å². The average molecular weight is 378 g/mol. The maximum atomic E-state index is 12.5. The molecule has 1 saturated heterocycles. The first-order valence-corrected chi connectivity index (χ1v) is 9.42. The third-order valence-electron chi connectivity index (χ3n) is 3.92. The lowest BCUT2D eigenvalue weighted by molar-refractivity contribution is 0.0723. The van der Waals surface area contributed by atoms with Gasteiger partial charge in [-0.25, -0.2) is 8.42 Å². The van der Waals surface area contributed by atoms with Crippen molar-refractivity contribution in [2.45, 2.75) is 12.0 Å². The van der Waals surface area contributed by atoms with Gasteiger partial charge in [0, 0.05) is 24.3 Å². The molecule has 0 aliphatic carbocycles. The van der Waals surface area contributed by atoms with E-state index in [0.29, 0.717) is 24.5 Å². The van der Waals surface area contributed by atoms with Gasteiger partial charge < -0.3 is 14.5 Å². The summed E-state index contributed by atoms with van der Waals surface area (Å²) in [6.45, 7) is 2.58. The third-order valence-corrected chi connectivity index (χ3v) is 5.69. The molecule has 0 unspecified atom stereocenters. The molecule has 1 aromatic heterocycles. The van der Waals surface area contributed by atoms with Crippen LogP contribution in [0.1, 0.15) is 27.8 Å². The molecule has 26 heavy (non-hydrogen) atoms. The SMILES string of the molecule is CC(=O)c1ccc(NC(=O)c2ccc(S(=O)(=O)N3CCOCC3)o2)cc1. The lowest BCUT2D eigenvalue weighted by Crippen LogP contribution is -2.40. The number of nitrogens with zero attached hydrogens (tertiary/aromatic N) is 1. The lowest BCUT2D eigenvalue weighted by atomic mass is 10.1. The van der Waals surface area contributed by atoms with E-state index in [1.54, 1.807) is 24.3 Å². The molecule has 2 heterocycles. The Morgan fingerprint density at radius 2 is 1.69 bits per heavy atom. The molecule has 1 amide bonds. The van der Waals surface area contributed by atoms with Gasteiger partial charge in [-0.05, 0) is 43.3 Å². The van der Waals surface area contributed by atoms with E-state index in [2.05, 4.69) is 5.32 Å². The summed E-state index contributed by atoms with van der Waals surface area (Å²) < 4.78 is 36.7. The molecule has 3 rings (SSSR count). The Hall–Kier alpha value is -2.49. The molecule has 0 atom stereocenters. The van der Waals surface area contributed by atoms with E-state index < -0.39 is 15.9 Å². The summed E-state index contributed by atoms with van der Waals surface area (Å²) in [6.07, 6.45) is 0. The van der Waals surface area contributed by atoms with Crippen LogP contribution in [0.4, 0.5) is 5.69 Å². The Balaban J connectivity index is 1.72. The van der Waals surface area contributed by atoms with Crippen LogP contribution in [-0.4, -0.2) is 50.7 Å². The van der Waals surface area contributed by atoms with Crippen LogP contribution in [0.3, 0.4) is 0 Å². The van der Waals surface area contributed by atoms with Crippen molar-refractivity contribution in [1.29, 1.82) is 0 Å². The maximum Gasteiger partial charge on any atom is 0.291 e. The standard InChI is InChI=1S/C17H18N2O6S/c1-12(20)13-2-4-14(5-3-13)18-17(21)15-6-7-16(25-15)26(22,23)19-8-10-24-11-9-19/h2-7H,8-11H2,1H3,(H,18,21). The number of anilines is 1. The Kier molecular flexibility index (Phi) is 5.21. The number of carbonyl (C=O) groups is 2. The number of hydrogen-bond acceptors (Lipinski definition) is 6. The average Bonchev–Trinajstić information content (AvgIpc) is 3.14. The summed E-state index contributed by atoms with van der Waals surface area (Å²) in [7, 11) is -3.79. The smallest absolute Gasteiger partial charge is 0.291 e. The molecule has 9 heteroatoms. The van der Waals surface area contributed by atoms with Crippen molar-refractivity contribution >= 4 is 27.4 Å². The minimum absolute atomic E-state index is 0.0770. The first kappa shape index (κ1) is 18.3. The van der Waals surface area contributed by atoms with Crippen molar-refractivity contribution in [2.24, 2.45) is 0 Å². The number of carbonyl (C=O) groups excluding carboxylic acids is 2. The lowest BCUT2D eigenvalue weighted by Gasteiger charge is -2.24. The second-order valence-corrected chi connectivity index (χ2v) is 7.59. The molecule has 0 bridgehead atoms. The van der Waals surface area contributed by atoms with Crippen LogP contribution in [0.5, 0.6) is 0 Å². The van der Waals surface area contributed by atoms with Crippen LogP contribution < -0.4 is 5.32 Å². The fraction of sp³-hybridized carbons (Fsp3) is 0.294. The Bertz CT molecular complexity index is 911. The second kappa shape index (κ2) is 7.40. The molecule has 2 aromatic rings. The van der Waals surface area contributed by atoms with Crippen LogP contribution in [0.2, 0.25) is 0 Å². The number of hydrogen-bond donors (Lipinski definition) is 1. The van der Waals surface area contributed by atoms with Crippen LogP contribution in [0, 0.1) is 0 Å². The molecular weight excluding hydrogens is 360 g/mol. The van der Waals surface area contributed by atoms with E-state index in [-0.39, 0.29) is 29.7 Å². The highest BCUT2D eigenvalue weighted by Crippen LogP contribution is 2.21. The predicted molar refractivity (Wildman–Crippen MR) is 92.7 cm³/mol. The summed E-state index contributed by atoms with van der Waals surface area (Å²) in [6, 6.07) is 8.93. The van der Waals surface area contributed by atoms with E-state index >= 15 is 0 Å². The van der Waals surface area contributed by atoms with Crippen molar-refractivity contribution in [2.75, 3.05) is 31.6 Å². The van der Waals surface area contributed by atoms with Crippen molar-refractivity contribution in [1.82, 2.24) is 4.31 Å². The number of benzene rings is 1. The molecule has 1 fully saturated rings. The molecule has 8 nitrogen and oxygen atoms in total. The van der Waals surface area contributed by atoms with Gasteiger partial charge >= 0.3 is 0 Å². The number of amides is 1. The second-order valence-electron chi connectivity index (χ2n) is 5.72. The first-order valence-electron chi connectivity index (χ1n) is 7.98. The van der Waals surface area contributed by atoms with Crippen molar-refractivity contribution in [3.63, 3.8) is 0 Å². The van der Waals surface area contributed by atoms with Gasteiger partial charge in [-0.2, -0.15) is 4.31 Å². The maximum absolute atomic E-state index is 12.5. The summed E-state index contributed by atoms with van der Waals surface area (Å²) in [5, 5.41) is 2.32. The van der Waals surface area contributed by atoms with Crippen molar-refractivity contribution < 1.29 is 27.2 Å². The highest BCUT2D eigenvalue weighted by molar-refractivity contribution is 7.89. The van der Waals surface area contributed by atoms with Gasteiger partial charge in [0.2, 0.25) is 5.09 Å². The van der Waals surface area contributed by atoms with Crippen molar-refractivity contribution in [3.05, 3.63) is 47.7 Å². The molecule has 0 saturated carbocycles. The largest absolute Gasteiger partial charge is 0.438 e. The number of ketones is 1. The highest BCUT2D eigenvalue weighted by Gasteiger charge is 2.30. The molecule has 1 aliphatic heterocycles. The number of rotatable bonds is 5. The zero-order valence-corrected chi connectivity index (χ0v) is 14.9. The van der Waals surface area contributed by atoms with Crippen LogP contribution in [-0.2, 0) is 14.8 Å². The molecule has 0 spiro atoms. The van der Waals surface area contributed by atoms with Gasteiger partial charge in [-0.15, -0.1) is 0 Å². The monoisotopic (exact) mass is 378 g/mol. The van der Waals surface area contributed by atoms with Crippen molar-refractivity contribution in [3.8, 4) is 0 Å². The topological polar surface area (TPSA) is 106 Å². The Labute approximate surface area is 150 Å². The number of furan rings is 1. The zero-order chi connectivity index (χ0) is 18.7. The highest BCUT2D eigenvalue weighted by atomic mass is 32.2. The van der Waals surface area contributed by atoms with E-state index in [0.717, 1.165) is 0 Å². The minimum Gasteiger partial charge on any atom is -0.438 e. The number of morpholine rings is 1. The zero-order valence-electron chi connectivity index (χ0n) is 14.1. The van der Waals surface area contributed by atoms with Crippen LogP contribution in [0.25, 0.3) is 0 Å². The van der Waals surface area contributed by atoms with Crippen LogP contribution >= 0.6 is 0 Å². The predicted octanol–water partition coefficient (Wildman–Crippen LogP) is 1.76. The Morgan fingerprint density at radius 3 is 2.31 bits per heavy atom. The molecule has 1 N–H and O–H groups in total. The fourth-order valence-electron chi connectivity index (χ4n) is 2.48. The summed E-state index contributed by atoms with van der Waals surface area (Å²) in [5.74, 6) is -0.775. The number of ether oxygens (including phenoxy) is 1. The van der Waals surface area contributed by atoms with Gasteiger partial charge in [-0.3, -0.25) is 9.59 Å². The fourth-order valence-corrected chi connectivity index (χ4v) is 3.80. The summed E-state index contributed by atoms with van der Waals surface area (Å²) >= 11 is 0. The van der Waals surface area contributed by atoms with Gasteiger partial charge in [0.15, 0.2) is 11.5 Å². The molecule has 0 radical (unpaired) electrons. The third kappa shape index (κ3) is 3.85. The van der Waals surface area contributed by atoms with Crippen LogP contribution in [0.15, 0.2) is 45.9 Å². The normalized spacial score (nSPS) is 15.6. The van der Waals surface area contributed by atoms with Gasteiger partial charge in [0.1, 0.15) is 0 Å². The van der Waals surface area contributed by atoms with Gasteiger partial charge in [0.25, 0.3) is 15.9 Å². The summed E-state index contributed by atoms with van der Waals surface area (Å²) in [5.41, 5.74) is 0.994. The molecular formula is C17H18N2O6S. The molecule has 1 aromatic carbocycles. The van der Waals surface area contributed by atoms with Gasteiger partial charge in [0.05, 0.1) is 13.2 Å². The van der Waals surface area contributed by atoms with E-state index in [9.17, 15) is 18.0 Å². The molecule has 1 aliphatic rings. The summed E-state index contributed by atoms with van der Waals surface area (Å²) in [4.78, 5) is 23.5. The van der Waals surface area contributed by atoms with Gasteiger partial charge in [-0.1, -0.05) is 0 Å². The Morgan fingerprint density at radius 1 is 1.04 bits per heavy atom. The van der Waals surface area contributed by atoms with E-state index in [1.807, 2.05) is 0 Å². The quantitative estimate of drug-likeness (QED) is 0.795. The minimum atomic E-state index is -3.79. The number of sulfonamides is 1. The first-order chi connectivity index (χ1) is 12.4. The van der Waals surface area contributed by atoms with E-state index in [4.69, 9.17) is 9.15 Å². The number of Topliss-reactive ketones (excluding diaryl/α,β-unsaturated/α-hetero) is 1.